The second-order valence-electron chi connectivity index (χ2n) is 4.23. The first-order chi connectivity index (χ1) is 9.22. The molecule has 0 spiro atoms. The predicted octanol–water partition coefficient (Wildman–Crippen LogP) is 3.34. The van der Waals surface area contributed by atoms with E-state index in [4.69, 9.17) is 5.26 Å². The molecule has 0 amide bonds. The fourth-order valence-corrected chi connectivity index (χ4v) is 2.26. The number of aromatic nitrogens is 2. The van der Waals surface area contributed by atoms with Gasteiger partial charge in [-0.05, 0) is 31.2 Å². The largest absolute Gasteiger partial charge is 0.295 e. The Morgan fingerprint density at radius 1 is 1.16 bits per heavy atom. The summed E-state index contributed by atoms with van der Waals surface area (Å²) in [4.78, 5) is 4.43. The summed E-state index contributed by atoms with van der Waals surface area (Å²) in [6, 6.07) is 14.1. The molecule has 2 aromatic carbocycles. The van der Waals surface area contributed by atoms with Gasteiger partial charge in [0.15, 0.2) is 0 Å². The lowest BCUT2D eigenvalue weighted by Crippen LogP contribution is -2.01. The summed E-state index contributed by atoms with van der Waals surface area (Å²) in [6.07, 6.45) is 0. The number of hydrogen-bond donors (Lipinski definition) is 0. The number of halogens is 1. The van der Waals surface area contributed by atoms with E-state index in [9.17, 15) is 4.39 Å². The zero-order valence-electron chi connectivity index (χ0n) is 10.3. The molecule has 0 fully saturated rings. The molecule has 0 bridgehead atoms. The number of imidazole rings is 1. The molecule has 92 valence electrons. The first-order valence-corrected chi connectivity index (χ1v) is 5.85. The maximum Gasteiger partial charge on any atom is 0.143 e. The van der Waals surface area contributed by atoms with Gasteiger partial charge in [0, 0.05) is 0 Å². The highest BCUT2D eigenvalue weighted by Crippen LogP contribution is 2.24. The standard InChI is InChI=1S/C15H10FN3/c1-10-18-13-6-2-3-7-15(13)19(10)14-8-4-5-12(16)11(14)9-17/h2-8H,1H3. The first-order valence-electron chi connectivity index (χ1n) is 5.85. The molecule has 4 heteroatoms. The number of nitriles is 1. The van der Waals surface area contributed by atoms with Gasteiger partial charge in [-0.2, -0.15) is 5.26 Å². The van der Waals surface area contributed by atoms with Crippen molar-refractivity contribution in [3.8, 4) is 11.8 Å². The average Bonchev–Trinajstić information content (AvgIpc) is 2.74. The Hall–Kier alpha value is -2.67. The molecular formula is C15H10FN3. The van der Waals surface area contributed by atoms with Gasteiger partial charge in [-0.1, -0.05) is 18.2 Å². The molecule has 1 aromatic heterocycles. The SMILES string of the molecule is Cc1nc2ccccc2n1-c1cccc(F)c1C#N. The molecule has 0 unspecified atom stereocenters. The van der Waals surface area contributed by atoms with Gasteiger partial charge in [-0.3, -0.25) is 4.57 Å². The van der Waals surface area contributed by atoms with Gasteiger partial charge in [0.2, 0.25) is 0 Å². The molecule has 0 aliphatic rings. The fourth-order valence-electron chi connectivity index (χ4n) is 2.26. The maximum atomic E-state index is 13.7. The molecule has 0 N–H and O–H groups in total. The van der Waals surface area contributed by atoms with Gasteiger partial charge >= 0.3 is 0 Å². The highest BCUT2D eigenvalue weighted by molar-refractivity contribution is 5.78. The fraction of sp³-hybridized carbons (Fsp3) is 0.0667. The number of rotatable bonds is 1. The highest BCUT2D eigenvalue weighted by atomic mass is 19.1. The lowest BCUT2D eigenvalue weighted by Gasteiger charge is -2.09. The van der Waals surface area contributed by atoms with Crippen LogP contribution in [-0.2, 0) is 0 Å². The highest BCUT2D eigenvalue weighted by Gasteiger charge is 2.14. The second kappa shape index (κ2) is 4.21. The third-order valence-corrected chi connectivity index (χ3v) is 3.07. The van der Waals surface area contributed by atoms with Gasteiger partial charge in [0.25, 0.3) is 0 Å². The van der Waals surface area contributed by atoms with E-state index in [0.717, 1.165) is 16.9 Å². The molecule has 0 aliphatic heterocycles. The van der Waals surface area contributed by atoms with Crippen LogP contribution in [0.5, 0.6) is 0 Å². The normalized spacial score (nSPS) is 10.6. The summed E-state index contributed by atoms with van der Waals surface area (Å²) in [5.74, 6) is 0.209. The van der Waals surface area contributed by atoms with E-state index in [1.807, 2.05) is 37.3 Å². The maximum absolute atomic E-state index is 13.7. The number of nitrogens with zero attached hydrogens (tertiary/aromatic N) is 3. The summed E-state index contributed by atoms with van der Waals surface area (Å²) in [5, 5.41) is 9.14. The Labute approximate surface area is 109 Å². The van der Waals surface area contributed by atoms with E-state index in [2.05, 4.69) is 4.98 Å². The van der Waals surface area contributed by atoms with Crippen LogP contribution in [0.2, 0.25) is 0 Å². The molecule has 0 aliphatic carbocycles. The average molecular weight is 251 g/mol. The molecule has 0 atom stereocenters. The van der Waals surface area contributed by atoms with E-state index in [-0.39, 0.29) is 5.56 Å². The van der Waals surface area contributed by atoms with Crippen molar-refractivity contribution in [2.24, 2.45) is 0 Å². The zero-order chi connectivity index (χ0) is 13.4. The van der Waals surface area contributed by atoms with Crippen LogP contribution in [0.4, 0.5) is 4.39 Å². The molecular weight excluding hydrogens is 241 g/mol. The van der Waals surface area contributed by atoms with Crippen molar-refractivity contribution in [1.82, 2.24) is 9.55 Å². The smallest absolute Gasteiger partial charge is 0.143 e. The zero-order valence-corrected chi connectivity index (χ0v) is 10.3. The number of para-hydroxylation sites is 2. The van der Waals surface area contributed by atoms with Crippen molar-refractivity contribution >= 4 is 11.0 Å². The lowest BCUT2D eigenvalue weighted by molar-refractivity contribution is 0.622. The van der Waals surface area contributed by atoms with Crippen LogP contribution in [0.25, 0.3) is 16.7 Å². The van der Waals surface area contributed by atoms with Crippen LogP contribution in [-0.4, -0.2) is 9.55 Å². The van der Waals surface area contributed by atoms with Gasteiger partial charge in [-0.25, -0.2) is 9.37 Å². The quantitative estimate of drug-likeness (QED) is 0.665. The molecule has 3 nitrogen and oxygen atoms in total. The number of hydrogen-bond acceptors (Lipinski definition) is 2. The molecule has 19 heavy (non-hydrogen) atoms. The summed E-state index contributed by atoms with van der Waals surface area (Å²) >= 11 is 0. The van der Waals surface area contributed by atoms with Gasteiger partial charge < -0.3 is 0 Å². The number of benzene rings is 2. The molecule has 0 saturated heterocycles. The summed E-state index contributed by atoms with van der Waals surface area (Å²) in [7, 11) is 0. The molecule has 0 radical (unpaired) electrons. The lowest BCUT2D eigenvalue weighted by atomic mass is 10.1. The topological polar surface area (TPSA) is 41.6 Å². The van der Waals surface area contributed by atoms with Crippen molar-refractivity contribution in [3.63, 3.8) is 0 Å². The van der Waals surface area contributed by atoms with E-state index < -0.39 is 5.82 Å². The van der Waals surface area contributed by atoms with Crippen LogP contribution in [0.3, 0.4) is 0 Å². The molecule has 1 heterocycles. The monoisotopic (exact) mass is 251 g/mol. The van der Waals surface area contributed by atoms with Crippen LogP contribution >= 0.6 is 0 Å². The Balaban J connectivity index is 2.41. The predicted molar refractivity (Wildman–Crippen MR) is 70.5 cm³/mol. The van der Waals surface area contributed by atoms with Crippen molar-refractivity contribution in [3.05, 3.63) is 59.7 Å². The van der Waals surface area contributed by atoms with Gasteiger partial charge in [0.05, 0.1) is 16.7 Å². The summed E-state index contributed by atoms with van der Waals surface area (Å²) in [5.41, 5.74) is 2.25. The van der Waals surface area contributed by atoms with Crippen molar-refractivity contribution < 1.29 is 4.39 Å². The minimum atomic E-state index is -0.516. The second-order valence-corrected chi connectivity index (χ2v) is 4.23. The number of aryl methyl sites for hydroxylation is 1. The van der Waals surface area contributed by atoms with E-state index >= 15 is 0 Å². The first kappa shape index (κ1) is 11.4. The Bertz CT molecular complexity index is 812. The van der Waals surface area contributed by atoms with Crippen molar-refractivity contribution in [1.29, 1.82) is 5.26 Å². The summed E-state index contributed by atoms with van der Waals surface area (Å²) in [6.45, 7) is 1.84. The third kappa shape index (κ3) is 1.67. The minimum Gasteiger partial charge on any atom is -0.295 e. The molecule has 3 rings (SSSR count). The van der Waals surface area contributed by atoms with Crippen molar-refractivity contribution in [2.75, 3.05) is 0 Å². The van der Waals surface area contributed by atoms with Crippen LogP contribution in [0.1, 0.15) is 11.4 Å². The summed E-state index contributed by atoms with van der Waals surface area (Å²) < 4.78 is 15.5. The molecule has 3 aromatic rings. The Morgan fingerprint density at radius 3 is 2.74 bits per heavy atom. The Kier molecular flexibility index (Phi) is 2.53. The van der Waals surface area contributed by atoms with Crippen LogP contribution in [0.15, 0.2) is 42.5 Å². The molecule has 0 saturated carbocycles. The van der Waals surface area contributed by atoms with E-state index in [0.29, 0.717) is 5.69 Å². The van der Waals surface area contributed by atoms with E-state index in [1.54, 1.807) is 16.7 Å². The Morgan fingerprint density at radius 2 is 1.95 bits per heavy atom. The van der Waals surface area contributed by atoms with E-state index in [1.165, 1.54) is 6.07 Å². The minimum absolute atomic E-state index is 0.0359. The number of fused-ring (bicyclic) bond motifs is 1. The van der Waals surface area contributed by atoms with Crippen LogP contribution in [0, 0.1) is 24.1 Å². The third-order valence-electron chi connectivity index (χ3n) is 3.07. The van der Waals surface area contributed by atoms with Crippen LogP contribution < -0.4 is 0 Å². The van der Waals surface area contributed by atoms with Crippen molar-refractivity contribution in [2.45, 2.75) is 6.92 Å². The van der Waals surface area contributed by atoms with Gasteiger partial charge in [0.1, 0.15) is 23.3 Å². The van der Waals surface area contributed by atoms with Gasteiger partial charge in [-0.15, -0.1) is 0 Å².